The molecule has 0 aliphatic carbocycles. The van der Waals surface area contributed by atoms with E-state index in [1.54, 1.807) is 7.11 Å². The molecule has 0 N–H and O–H groups in total. The fraction of sp³-hybridized carbons (Fsp3) is 0.650. The summed E-state index contributed by atoms with van der Waals surface area (Å²) in [5, 5.41) is 0. The minimum atomic E-state index is -0.188. The van der Waals surface area contributed by atoms with Crippen molar-refractivity contribution in [2.45, 2.75) is 32.7 Å². The van der Waals surface area contributed by atoms with E-state index in [1.807, 2.05) is 24.0 Å². The highest BCUT2D eigenvalue weighted by Gasteiger charge is 2.48. The van der Waals surface area contributed by atoms with Gasteiger partial charge in [-0.3, -0.25) is 9.69 Å². The molecule has 1 spiro atoms. The first-order chi connectivity index (χ1) is 12.2. The summed E-state index contributed by atoms with van der Waals surface area (Å²) in [6, 6.07) is 8.23. The molecule has 1 atom stereocenters. The molecular weight excluding hydrogens is 316 g/mol. The second kappa shape index (κ2) is 8.19. The highest BCUT2D eigenvalue weighted by molar-refractivity contribution is 5.84. The Hall–Kier alpha value is -1.59. The van der Waals surface area contributed by atoms with E-state index in [2.05, 4.69) is 17.0 Å². The van der Waals surface area contributed by atoms with Crippen LogP contribution in [0.1, 0.15) is 31.7 Å². The van der Waals surface area contributed by atoms with E-state index < -0.39 is 0 Å². The van der Waals surface area contributed by atoms with E-state index in [0.29, 0.717) is 25.7 Å². The zero-order chi connectivity index (χ0) is 17.7. The van der Waals surface area contributed by atoms with E-state index in [-0.39, 0.29) is 5.41 Å². The molecule has 1 aromatic rings. The standard InChI is InChI=1S/C20H30N2O3/c1-3-25-18-8-5-4-7-17(18)15-21-12-10-20(16-21)9-6-11-22(19(20)23)13-14-24-2/h4-5,7-8H,3,6,9-16H2,1-2H3. The number of likely N-dealkylation sites (tertiary alicyclic amines) is 2. The SMILES string of the molecule is CCOc1ccccc1CN1CCC2(CCCN(CCOC)C2=O)C1. The van der Waals surface area contributed by atoms with Gasteiger partial charge in [0.1, 0.15) is 5.75 Å². The van der Waals surface area contributed by atoms with E-state index >= 15 is 0 Å². The van der Waals surface area contributed by atoms with Crippen LogP contribution in [-0.4, -0.2) is 62.2 Å². The Morgan fingerprint density at radius 3 is 2.84 bits per heavy atom. The predicted octanol–water partition coefficient (Wildman–Crippen LogP) is 2.55. The normalized spacial score (nSPS) is 24.2. The molecule has 0 saturated carbocycles. The molecule has 138 valence electrons. The summed E-state index contributed by atoms with van der Waals surface area (Å²) in [5.41, 5.74) is 1.02. The smallest absolute Gasteiger partial charge is 0.230 e. The third-order valence-corrected chi connectivity index (χ3v) is 5.49. The summed E-state index contributed by atoms with van der Waals surface area (Å²) >= 11 is 0. The zero-order valence-corrected chi connectivity index (χ0v) is 15.5. The molecule has 5 heteroatoms. The van der Waals surface area contributed by atoms with Crippen LogP contribution in [0.15, 0.2) is 24.3 Å². The largest absolute Gasteiger partial charge is 0.494 e. The van der Waals surface area contributed by atoms with Crippen LogP contribution in [0.5, 0.6) is 5.75 Å². The van der Waals surface area contributed by atoms with Crippen molar-refractivity contribution in [2.24, 2.45) is 5.41 Å². The molecule has 1 amide bonds. The van der Waals surface area contributed by atoms with E-state index in [1.165, 1.54) is 5.56 Å². The maximum Gasteiger partial charge on any atom is 0.230 e. The first-order valence-corrected chi connectivity index (χ1v) is 9.40. The van der Waals surface area contributed by atoms with Crippen molar-refractivity contribution < 1.29 is 14.3 Å². The van der Waals surface area contributed by atoms with Gasteiger partial charge in [0.25, 0.3) is 0 Å². The molecular formula is C20H30N2O3. The molecule has 1 aromatic carbocycles. The molecule has 2 heterocycles. The first kappa shape index (κ1) is 18.2. The fourth-order valence-corrected chi connectivity index (χ4v) is 4.21. The Kier molecular flexibility index (Phi) is 5.97. The Morgan fingerprint density at radius 1 is 1.20 bits per heavy atom. The highest BCUT2D eigenvalue weighted by Crippen LogP contribution is 2.40. The van der Waals surface area contributed by atoms with Crippen LogP contribution in [0.3, 0.4) is 0 Å². The molecule has 3 rings (SSSR count). The van der Waals surface area contributed by atoms with Crippen molar-refractivity contribution in [3.8, 4) is 5.75 Å². The molecule has 0 aromatic heterocycles. The number of carbonyl (C=O) groups excluding carboxylic acids is 1. The number of amides is 1. The number of nitrogens with zero attached hydrogens (tertiary/aromatic N) is 2. The quantitative estimate of drug-likeness (QED) is 0.761. The van der Waals surface area contributed by atoms with Gasteiger partial charge in [-0.15, -0.1) is 0 Å². The van der Waals surface area contributed by atoms with Gasteiger partial charge in [0.15, 0.2) is 0 Å². The lowest BCUT2D eigenvalue weighted by molar-refractivity contribution is -0.146. The molecule has 2 aliphatic heterocycles. The van der Waals surface area contributed by atoms with Crippen LogP contribution in [0.2, 0.25) is 0 Å². The number of rotatable bonds is 7. The number of methoxy groups -OCH3 is 1. The van der Waals surface area contributed by atoms with Crippen LogP contribution >= 0.6 is 0 Å². The van der Waals surface area contributed by atoms with Gasteiger partial charge < -0.3 is 14.4 Å². The third kappa shape index (κ3) is 3.98. The van der Waals surface area contributed by atoms with Crippen LogP contribution < -0.4 is 4.74 Å². The number of piperidine rings is 1. The number of ether oxygens (including phenoxy) is 2. The molecule has 0 radical (unpaired) electrons. The first-order valence-electron chi connectivity index (χ1n) is 9.40. The van der Waals surface area contributed by atoms with Crippen molar-refractivity contribution in [1.82, 2.24) is 9.80 Å². The van der Waals surface area contributed by atoms with Crippen LogP contribution in [-0.2, 0) is 16.1 Å². The van der Waals surface area contributed by atoms with E-state index in [9.17, 15) is 4.79 Å². The second-order valence-corrected chi connectivity index (χ2v) is 7.17. The Bertz CT molecular complexity index is 592. The van der Waals surface area contributed by atoms with Crippen LogP contribution in [0.4, 0.5) is 0 Å². The zero-order valence-electron chi connectivity index (χ0n) is 15.5. The molecule has 2 fully saturated rings. The minimum Gasteiger partial charge on any atom is -0.494 e. The fourth-order valence-electron chi connectivity index (χ4n) is 4.21. The van der Waals surface area contributed by atoms with Crippen molar-refractivity contribution in [1.29, 1.82) is 0 Å². The van der Waals surface area contributed by atoms with Crippen LogP contribution in [0.25, 0.3) is 0 Å². The maximum atomic E-state index is 13.0. The topological polar surface area (TPSA) is 42.0 Å². The second-order valence-electron chi connectivity index (χ2n) is 7.17. The number of benzene rings is 1. The average Bonchev–Trinajstić information content (AvgIpc) is 3.02. The van der Waals surface area contributed by atoms with E-state index in [4.69, 9.17) is 9.47 Å². The van der Waals surface area contributed by atoms with Crippen molar-refractivity contribution in [2.75, 3.05) is 46.5 Å². The van der Waals surface area contributed by atoms with Crippen molar-refractivity contribution in [3.63, 3.8) is 0 Å². The summed E-state index contributed by atoms with van der Waals surface area (Å²) < 4.78 is 10.9. The molecule has 2 aliphatic rings. The third-order valence-electron chi connectivity index (χ3n) is 5.49. The van der Waals surface area contributed by atoms with Gasteiger partial charge in [-0.2, -0.15) is 0 Å². The Labute approximate surface area is 150 Å². The lowest BCUT2D eigenvalue weighted by Gasteiger charge is -2.39. The average molecular weight is 346 g/mol. The van der Waals surface area contributed by atoms with Crippen molar-refractivity contribution >= 4 is 5.91 Å². The Morgan fingerprint density at radius 2 is 2.04 bits per heavy atom. The number of hydrogen-bond acceptors (Lipinski definition) is 4. The highest BCUT2D eigenvalue weighted by atomic mass is 16.5. The summed E-state index contributed by atoms with van der Waals surface area (Å²) in [6.45, 7) is 7.57. The lowest BCUT2D eigenvalue weighted by atomic mass is 9.78. The molecule has 25 heavy (non-hydrogen) atoms. The van der Waals surface area contributed by atoms with Gasteiger partial charge in [-0.05, 0) is 38.8 Å². The number of carbonyl (C=O) groups is 1. The van der Waals surface area contributed by atoms with Crippen LogP contribution in [0, 0.1) is 5.41 Å². The van der Waals surface area contributed by atoms with Gasteiger partial charge in [0.05, 0.1) is 18.6 Å². The molecule has 5 nitrogen and oxygen atoms in total. The van der Waals surface area contributed by atoms with Gasteiger partial charge in [0.2, 0.25) is 5.91 Å². The summed E-state index contributed by atoms with van der Waals surface area (Å²) in [4.78, 5) is 17.5. The molecule has 0 bridgehead atoms. The summed E-state index contributed by atoms with van der Waals surface area (Å²) in [6.07, 6.45) is 3.07. The monoisotopic (exact) mass is 346 g/mol. The predicted molar refractivity (Wildman–Crippen MR) is 97.6 cm³/mol. The molecule has 1 unspecified atom stereocenters. The molecule has 2 saturated heterocycles. The summed E-state index contributed by atoms with van der Waals surface area (Å²) in [5.74, 6) is 1.29. The number of para-hydroxylation sites is 1. The van der Waals surface area contributed by atoms with Crippen molar-refractivity contribution in [3.05, 3.63) is 29.8 Å². The Balaban J connectivity index is 1.66. The number of hydrogen-bond donors (Lipinski definition) is 0. The van der Waals surface area contributed by atoms with E-state index in [0.717, 1.165) is 51.2 Å². The summed E-state index contributed by atoms with van der Waals surface area (Å²) in [7, 11) is 1.69. The van der Waals surface area contributed by atoms with Gasteiger partial charge in [-0.1, -0.05) is 18.2 Å². The van der Waals surface area contributed by atoms with Gasteiger partial charge >= 0.3 is 0 Å². The minimum absolute atomic E-state index is 0.188. The van der Waals surface area contributed by atoms with Gasteiger partial charge in [-0.25, -0.2) is 0 Å². The lowest BCUT2D eigenvalue weighted by Crippen LogP contribution is -2.50. The van der Waals surface area contributed by atoms with Gasteiger partial charge in [0, 0.05) is 38.9 Å². The maximum absolute atomic E-state index is 13.0.